The molecule has 2 fully saturated rings. The number of carbonyl (C=O) groups excluding carboxylic acids is 1. The number of β-amino-alcohol motifs (C(OH)–C–C–N with tert-alkyl or cyclic N) is 1. The Kier molecular flexibility index (Phi) is 7.89. The van der Waals surface area contributed by atoms with Crippen LogP contribution in [0, 0.1) is 11.3 Å². The molecule has 1 unspecified atom stereocenters. The molecule has 7 nitrogen and oxygen atoms in total. The minimum atomic E-state index is -0.559. The molecule has 0 bridgehead atoms. The largest absolute Gasteiger partial charge is 0.491 e. The number of esters is 1. The van der Waals surface area contributed by atoms with Crippen molar-refractivity contribution in [2.24, 2.45) is 11.3 Å². The highest BCUT2D eigenvalue weighted by molar-refractivity contribution is 5.72. The van der Waals surface area contributed by atoms with Crippen LogP contribution >= 0.6 is 0 Å². The number of hydrogen-bond acceptors (Lipinski definition) is 7. The van der Waals surface area contributed by atoms with Gasteiger partial charge in [0.25, 0.3) is 0 Å². The minimum absolute atomic E-state index is 0.0115. The summed E-state index contributed by atoms with van der Waals surface area (Å²) in [4.78, 5) is 13.8. The summed E-state index contributed by atoms with van der Waals surface area (Å²) in [5.74, 6) is 0.623. The van der Waals surface area contributed by atoms with E-state index in [2.05, 4.69) is 17.1 Å². The number of nitrogens with one attached hydrogen (secondary N) is 1. The Morgan fingerprint density at radius 2 is 2.00 bits per heavy atom. The van der Waals surface area contributed by atoms with Gasteiger partial charge in [-0.25, -0.2) is 0 Å². The fourth-order valence-corrected chi connectivity index (χ4v) is 3.83. The summed E-state index contributed by atoms with van der Waals surface area (Å²) in [5, 5.41) is 13.8. The summed E-state index contributed by atoms with van der Waals surface area (Å²) in [5.41, 5.74) is 1.48. The number of likely N-dealkylation sites (tertiary alicyclic amines) is 1. The average molecular weight is 407 g/mol. The number of rotatable bonds is 10. The molecule has 2 N–H and O–H groups in total. The van der Waals surface area contributed by atoms with Crippen LogP contribution in [-0.2, 0) is 20.8 Å². The van der Waals surface area contributed by atoms with Gasteiger partial charge in [0.15, 0.2) is 0 Å². The first-order valence-electron chi connectivity index (χ1n) is 10.5. The quantitative estimate of drug-likeness (QED) is 0.569. The molecule has 3 rings (SSSR count). The molecule has 0 amide bonds. The third-order valence-electron chi connectivity index (χ3n) is 5.74. The molecule has 1 aromatic carbocycles. The summed E-state index contributed by atoms with van der Waals surface area (Å²) < 4.78 is 15.8. The van der Waals surface area contributed by atoms with E-state index in [9.17, 15) is 9.90 Å². The highest BCUT2D eigenvalue weighted by Gasteiger charge is 2.32. The zero-order valence-electron chi connectivity index (χ0n) is 17.6. The van der Waals surface area contributed by atoms with E-state index in [0.29, 0.717) is 6.54 Å². The van der Waals surface area contributed by atoms with Crippen LogP contribution in [0.4, 0.5) is 0 Å². The fourth-order valence-electron chi connectivity index (χ4n) is 3.83. The average Bonchev–Trinajstić information content (AvgIpc) is 2.72. The van der Waals surface area contributed by atoms with Gasteiger partial charge in [0.1, 0.15) is 18.5 Å². The standard InChI is InChI=1S/C22H34N2O5/c1-22(15-28-16-22)14-23-11-17-3-5-20(6-4-17)29-13-19(25)12-24-9-7-18(8-10-24)21(26)27-2/h3-6,18-19,23,25H,7-16H2,1-2H3. The first-order chi connectivity index (χ1) is 14.0. The Balaban J connectivity index is 1.31. The predicted molar refractivity (Wildman–Crippen MR) is 110 cm³/mol. The van der Waals surface area contributed by atoms with Gasteiger partial charge in [0.2, 0.25) is 0 Å². The number of ether oxygens (including phenoxy) is 3. The lowest BCUT2D eigenvalue weighted by Crippen LogP contribution is -2.47. The lowest BCUT2D eigenvalue weighted by atomic mass is 9.89. The maximum atomic E-state index is 11.6. The van der Waals surface area contributed by atoms with E-state index < -0.39 is 6.10 Å². The van der Waals surface area contributed by atoms with Gasteiger partial charge in [-0.1, -0.05) is 19.1 Å². The maximum absolute atomic E-state index is 11.6. The van der Waals surface area contributed by atoms with Gasteiger partial charge in [-0.2, -0.15) is 0 Å². The van der Waals surface area contributed by atoms with Crippen molar-refractivity contribution < 1.29 is 24.1 Å². The van der Waals surface area contributed by atoms with Gasteiger partial charge in [-0.3, -0.25) is 4.79 Å². The van der Waals surface area contributed by atoms with E-state index in [0.717, 1.165) is 58.0 Å². The number of benzene rings is 1. The van der Waals surface area contributed by atoms with Crippen LogP contribution in [0.25, 0.3) is 0 Å². The summed E-state index contributed by atoms with van der Waals surface area (Å²) in [6.07, 6.45) is 1.00. The molecule has 2 heterocycles. The third kappa shape index (κ3) is 6.67. The second-order valence-electron chi connectivity index (χ2n) is 8.61. The van der Waals surface area contributed by atoms with Crippen LogP contribution in [0.2, 0.25) is 0 Å². The SMILES string of the molecule is COC(=O)C1CCN(CC(O)COc2ccc(CNCC3(C)COC3)cc2)CC1. The monoisotopic (exact) mass is 406 g/mol. The number of piperidine rings is 1. The molecule has 0 aliphatic carbocycles. The molecule has 0 radical (unpaired) electrons. The van der Waals surface area contributed by atoms with Crippen molar-refractivity contribution in [2.75, 3.05) is 53.1 Å². The van der Waals surface area contributed by atoms with Gasteiger partial charge in [0, 0.05) is 25.0 Å². The molecule has 2 saturated heterocycles. The number of nitrogens with zero attached hydrogens (tertiary/aromatic N) is 1. The van der Waals surface area contributed by atoms with Crippen LogP contribution in [0.1, 0.15) is 25.3 Å². The first kappa shape index (κ1) is 22.0. The summed E-state index contributed by atoms with van der Waals surface area (Å²) in [6, 6.07) is 7.98. The van der Waals surface area contributed by atoms with Gasteiger partial charge in [-0.05, 0) is 43.6 Å². The lowest BCUT2D eigenvalue weighted by molar-refractivity contribution is -0.147. The van der Waals surface area contributed by atoms with Gasteiger partial charge < -0.3 is 29.5 Å². The van der Waals surface area contributed by atoms with Crippen molar-refractivity contribution >= 4 is 5.97 Å². The molecule has 0 saturated carbocycles. The fraction of sp³-hybridized carbons (Fsp3) is 0.682. The van der Waals surface area contributed by atoms with Gasteiger partial charge >= 0.3 is 5.97 Å². The summed E-state index contributed by atoms with van der Waals surface area (Å²) in [7, 11) is 1.43. The molecule has 7 heteroatoms. The molecular weight excluding hydrogens is 372 g/mol. The molecule has 1 atom stereocenters. The van der Waals surface area contributed by atoms with Crippen LogP contribution in [0.15, 0.2) is 24.3 Å². The van der Waals surface area contributed by atoms with Gasteiger partial charge in [-0.15, -0.1) is 0 Å². The Morgan fingerprint density at radius 1 is 1.31 bits per heavy atom. The minimum Gasteiger partial charge on any atom is -0.491 e. The predicted octanol–water partition coefficient (Wildman–Crippen LogP) is 1.44. The normalized spacial score (nSPS) is 20.7. The van der Waals surface area contributed by atoms with Gasteiger partial charge in [0.05, 0.1) is 26.2 Å². The van der Waals surface area contributed by atoms with Crippen molar-refractivity contribution in [2.45, 2.75) is 32.4 Å². The number of methoxy groups -OCH3 is 1. The van der Waals surface area contributed by atoms with Crippen molar-refractivity contribution in [1.29, 1.82) is 0 Å². The number of carbonyl (C=O) groups is 1. The zero-order valence-corrected chi connectivity index (χ0v) is 17.6. The molecule has 0 spiro atoms. The topological polar surface area (TPSA) is 80.3 Å². The lowest BCUT2D eigenvalue weighted by Gasteiger charge is -2.38. The molecular formula is C22H34N2O5. The molecule has 162 valence electrons. The highest BCUT2D eigenvalue weighted by atomic mass is 16.5. The molecule has 0 aromatic heterocycles. The zero-order chi connectivity index (χ0) is 20.7. The Labute approximate surface area is 173 Å². The molecule has 1 aromatic rings. The third-order valence-corrected chi connectivity index (χ3v) is 5.74. The summed E-state index contributed by atoms with van der Waals surface area (Å²) >= 11 is 0. The van der Waals surface area contributed by atoms with Crippen molar-refractivity contribution in [3.8, 4) is 5.75 Å². The van der Waals surface area contributed by atoms with E-state index in [1.54, 1.807) is 0 Å². The van der Waals surface area contributed by atoms with E-state index >= 15 is 0 Å². The number of aliphatic hydroxyl groups is 1. The van der Waals surface area contributed by atoms with E-state index in [-0.39, 0.29) is 23.9 Å². The highest BCUT2D eigenvalue weighted by Crippen LogP contribution is 2.25. The van der Waals surface area contributed by atoms with E-state index in [4.69, 9.17) is 14.2 Å². The summed E-state index contributed by atoms with van der Waals surface area (Å²) in [6.45, 7) is 8.07. The van der Waals surface area contributed by atoms with Crippen molar-refractivity contribution in [3.63, 3.8) is 0 Å². The Hall–Kier alpha value is -1.67. The van der Waals surface area contributed by atoms with Crippen LogP contribution in [-0.4, -0.2) is 75.2 Å². The van der Waals surface area contributed by atoms with Crippen LogP contribution < -0.4 is 10.1 Å². The number of aliphatic hydroxyl groups excluding tert-OH is 1. The second-order valence-corrected chi connectivity index (χ2v) is 8.61. The second kappa shape index (κ2) is 10.4. The van der Waals surface area contributed by atoms with Crippen molar-refractivity contribution in [3.05, 3.63) is 29.8 Å². The number of hydrogen-bond donors (Lipinski definition) is 2. The smallest absolute Gasteiger partial charge is 0.308 e. The Bertz CT molecular complexity index is 639. The van der Waals surface area contributed by atoms with Crippen molar-refractivity contribution in [1.82, 2.24) is 10.2 Å². The van der Waals surface area contributed by atoms with Crippen LogP contribution in [0.5, 0.6) is 5.75 Å². The van der Waals surface area contributed by atoms with E-state index in [1.807, 2.05) is 24.3 Å². The molecule has 2 aliphatic rings. The van der Waals surface area contributed by atoms with Crippen LogP contribution in [0.3, 0.4) is 0 Å². The van der Waals surface area contributed by atoms with E-state index in [1.165, 1.54) is 12.7 Å². The Morgan fingerprint density at radius 3 is 2.59 bits per heavy atom. The maximum Gasteiger partial charge on any atom is 0.308 e. The molecule has 2 aliphatic heterocycles. The first-order valence-corrected chi connectivity index (χ1v) is 10.5. The molecule has 29 heavy (non-hydrogen) atoms.